The van der Waals surface area contributed by atoms with E-state index in [0.29, 0.717) is 12.6 Å². The van der Waals surface area contributed by atoms with Crippen molar-refractivity contribution in [2.45, 2.75) is 43.9 Å². The number of likely N-dealkylation sites (N-methyl/N-ethyl adjacent to an activating group) is 1. The summed E-state index contributed by atoms with van der Waals surface area (Å²) in [5.41, 5.74) is 7.51. The fourth-order valence-corrected chi connectivity index (χ4v) is 3.64. The van der Waals surface area contributed by atoms with Crippen molar-refractivity contribution >= 4 is 15.9 Å². The second-order valence-corrected chi connectivity index (χ2v) is 6.68. The second-order valence-electron chi connectivity index (χ2n) is 5.83. The first-order valence-electron chi connectivity index (χ1n) is 7.29. The lowest BCUT2D eigenvalue weighted by Crippen LogP contribution is -2.55. The zero-order valence-electron chi connectivity index (χ0n) is 12.4. The number of nitrogens with two attached hydrogens (primary N) is 1. The fraction of sp³-hybridized carbons (Fsp3) is 0.625. The standard InChI is InChI=1S/C16H25BrN2O/c1-19(11-13-6-3-4-8-15(13)17)16(12-18)9-5-7-14(10-16)20-2/h3-4,6,8,14H,5,7,9-12,18H2,1-2H3. The van der Waals surface area contributed by atoms with Gasteiger partial charge >= 0.3 is 0 Å². The van der Waals surface area contributed by atoms with Crippen LogP contribution in [0.4, 0.5) is 0 Å². The number of benzene rings is 1. The molecule has 1 aliphatic carbocycles. The number of rotatable bonds is 5. The molecule has 0 bridgehead atoms. The van der Waals surface area contributed by atoms with Crippen molar-refractivity contribution in [3.8, 4) is 0 Å². The van der Waals surface area contributed by atoms with Gasteiger partial charge in [-0.3, -0.25) is 4.90 Å². The van der Waals surface area contributed by atoms with Crippen molar-refractivity contribution in [2.24, 2.45) is 5.73 Å². The first-order valence-corrected chi connectivity index (χ1v) is 8.08. The molecule has 0 aromatic heterocycles. The Morgan fingerprint density at radius 1 is 1.45 bits per heavy atom. The van der Waals surface area contributed by atoms with Crippen LogP contribution in [0.15, 0.2) is 28.7 Å². The molecule has 0 amide bonds. The molecule has 2 unspecified atom stereocenters. The van der Waals surface area contributed by atoms with Crippen LogP contribution < -0.4 is 5.73 Å². The lowest BCUT2D eigenvalue weighted by atomic mass is 9.78. The molecule has 4 heteroatoms. The van der Waals surface area contributed by atoms with E-state index in [9.17, 15) is 0 Å². The quantitative estimate of drug-likeness (QED) is 0.894. The molecule has 0 spiro atoms. The second kappa shape index (κ2) is 7.03. The van der Waals surface area contributed by atoms with Crippen molar-refractivity contribution in [1.82, 2.24) is 4.90 Å². The van der Waals surface area contributed by atoms with Gasteiger partial charge < -0.3 is 10.5 Å². The van der Waals surface area contributed by atoms with Gasteiger partial charge in [-0.25, -0.2) is 0 Å². The highest BCUT2D eigenvalue weighted by molar-refractivity contribution is 9.10. The number of hydrogen-bond acceptors (Lipinski definition) is 3. The number of hydrogen-bond donors (Lipinski definition) is 1. The van der Waals surface area contributed by atoms with Gasteiger partial charge in [0.15, 0.2) is 0 Å². The Hall–Kier alpha value is -0.420. The molecule has 3 nitrogen and oxygen atoms in total. The molecule has 1 saturated carbocycles. The van der Waals surface area contributed by atoms with Crippen LogP contribution >= 0.6 is 15.9 Å². The van der Waals surface area contributed by atoms with Crippen LogP contribution in [0, 0.1) is 0 Å². The first kappa shape index (κ1) is 16.0. The minimum atomic E-state index is 0.0637. The van der Waals surface area contributed by atoms with E-state index in [2.05, 4.69) is 46.1 Å². The largest absolute Gasteiger partial charge is 0.381 e. The third kappa shape index (κ3) is 3.42. The van der Waals surface area contributed by atoms with E-state index in [-0.39, 0.29) is 5.54 Å². The van der Waals surface area contributed by atoms with Crippen molar-refractivity contribution in [2.75, 3.05) is 20.7 Å². The Kier molecular flexibility index (Phi) is 5.61. The van der Waals surface area contributed by atoms with E-state index >= 15 is 0 Å². The summed E-state index contributed by atoms with van der Waals surface area (Å²) in [6, 6.07) is 8.40. The van der Waals surface area contributed by atoms with Gasteiger partial charge in [0, 0.05) is 30.2 Å². The number of nitrogens with zero attached hydrogens (tertiary/aromatic N) is 1. The minimum absolute atomic E-state index is 0.0637. The zero-order chi connectivity index (χ0) is 14.6. The van der Waals surface area contributed by atoms with Crippen LogP contribution in [-0.2, 0) is 11.3 Å². The zero-order valence-corrected chi connectivity index (χ0v) is 14.0. The van der Waals surface area contributed by atoms with Crippen LogP contribution in [0.5, 0.6) is 0 Å². The third-order valence-electron chi connectivity index (χ3n) is 4.66. The Morgan fingerprint density at radius 3 is 2.85 bits per heavy atom. The minimum Gasteiger partial charge on any atom is -0.381 e. The van der Waals surface area contributed by atoms with Gasteiger partial charge in [-0.05, 0) is 44.4 Å². The summed E-state index contributed by atoms with van der Waals surface area (Å²) in [6.07, 6.45) is 4.87. The molecule has 112 valence electrons. The Labute approximate surface area is 130 Å². The van der Waals surface area contributed by atoms with Crippen LogP contribution in [0.2, 0.25) is 0 Å². The van der Waals surface area contributed by atoms with E-state index < -0.39 is 0 Å². The lowest BCUT2D eigenvalue weighted by Gasteiger charge is -2.46. The third-order valence-corrected chi connectivity index (χ3v) is 5.44. The molecule has 2 rings (SSSR count). The van der Waals surface area contributed by atoms with Crippen molar-refractivity contribution in [1.29, 1.82) is 0 Å². The molecular formula is C16H25BrN2O. The Balaban J connectivity index is 2.12. The smallest absolute Gasteiger partial charge is 0.0589 e. The molecule has 1 aromatic rings. The molecule has 0 saturated heterocycles. The fourth-order valence-electron chi connectivity index (χ4n) is 3.23. The molecule has 1 fully saturated rings. The molecule has 1 aromatic carbocycles. The van der Waals surface area contributed by atoms with Gasteiger partial charge in [0.25, 0.3) is 0 Å². The molecule has 0 heterocycles. The topological polar surface area (TPSA) is 38.5 Å². The van der Waals surface area contributed by atoms with Crippen molar-refractivity contribution in [3.05, 3.63) is 34.3 Å². The van der Waals surface area contributed by atoms with Crippen LogP contribution in [0.3, 0.4) is 0 Å². The summed E-state index contributed by atoms with van der Waals surface area (Å²) in [4.78, 5) is 2.41. The highest BCUT2D eigenvalue weighted by Crippen LogP contribution is 2.35. The van der Waals surface area contributed by atoms with Crippen molar-refractivity contribution < 1.29 is 4.74 Å². The summed E-state index contributed by atoms with van der Waals surface area (Å²) < 4.78 is 6.75. The first-order chi connectivity index (χ1) is 9.61. The predicted molar refractivity (Wildman–Crippen MR) is 86.7 cm³/mol. The monoisotopic (exact) mass is 340 g/mol. The molecule has 2 atom stereocenters. The normalized spacial score (nSPS) is 26.9. The van der Waals surface area contributed by atoms with Gasteiger partial charge in [-0.2, -0.15) is 0 Å². The molecule has 2 N–H and O–H groups in total. The molecule has 20 heavy (non-hydrogen) atoms. The maximum atomic E-state index is 6.14. The Morgan fingerprint density at radius 2 is 2.20 bits per heavy atom. The predicted octanol–water partition coefficient (Wildman–Crippen LogP) is 3.17. The van der Waals surface area contributed by atoms with E-state index in [1.165, 1.54) is 12.0 Å². The molecular weight excluding hydrogens is 316 g/mol. The van der Waals surface area contributed by atoms with Crippen molar-refractivity contribution in [3.63, 3.8) is 0 Å². The average molecular weight is 341 g/mol. The lowest BCUT2D eigenvalue weighted by molar-refractivity contribution is -0.0149. The Bertz CT molecular complexity index is 440. The van der Waals surface area contributed by atoms with Crippen LogP contribution in [0.1, 0.15) is 31.2 Å². The summed E-state index contributed by atoms with van der Waals surface area (Å²) in [6.45, 7) is 1.60. The van der Waals surface area contributed by atoms with E-state index in [4.69, 9.17) is 10.5 Å². The summed E-state index contributed by atoms with van der Waals surface area (Å²) in [5, 5.41) is 0. The van der Waals surface area contributed by atoms with Crippen LogP contribution in [-0.4, -0.2) is 37.2 Å². The number of ether oxygens (including phenoxy) is 1. The van der Waals surface area contributed by atoms with Crippen LogP contribution in [0.25, 0.3) is 0 Å². The molecule has 0 aliphatic heterocycles. The number of halogens is 1. The summed E-state index contributed by atoms with van der Waals surface area (Å²) in [5.74, 6) is 0. The highest BCUT2D eigenvalue weighted by Gasteiger charge is 2.38. The SMILES string of the molecule is COC1CCCC(CN)(N(C)Cc2ccccc2Br)C1. The van der Waals surface area contributed by atoms with Gasteiger partial charge in [0.1, 0.15) is 0 Å². The summed E-state index contributed by atoms with van der Waals surface area (Å²) >= 11 is 3.63. The average Bonchev–Trinajstić information content (AvgIpc) is 2.49. The van der Waals surface area contributed by atoms with Gasteiger partial charge in [-0.1, -0.05) is 34.1 Å². The maximum Gasteiger partial charge on any atom is 0.0589 e. The van der Waals surface area contributed by atoms with Gasteiger partial charge in [0.2, 0.25) is 0 Å². The molecule has 0 radical (unpaired) electrons. The van der Waals surface area contributed by atoms with Gasteiger partial charge in [0.05, 0.1) is 6.10 Å². The summed E-state index contributed by atoms with van der Waals surface area (Å²) in [7, 11) is 4.00. The van der Waals surface area contributed by atoms with E-state index in [1.807, 2.05) is 13.2 Å². The maximum absolute atomic E-state index is 6.14. The molecule has 1 aliphatic rings. The van der Waals surface area contributed by atoms with E-state index in [0.717, 1.165) is 30.3 Å². The number of methoxy groups -OCH3 is 1. The highest BCUT2D eigenvalue weighted by atomic mass is 79.9. The van der Waals surface area contributed by atoms with E-state index in [1.54, 1.807) is 0 Å². The van der Waals surface area contributed by atoms with Gasteiger partial charge in [-0.15, -0.1) is 0 Å².